The molecule has 2 nitrogen and oxygen atoms in total. The topological polar surface area (TPSA) is 6.48 Å². The van der Waals surface area contributed by atoms with E-state index in [0.717, 1.165) is 12.1 Å². The Morgan fingerprint density at radius 3 is 1.35 bits per heavy atom. The highest BCUT2D eigenvalue weighted by Crippen LogP contribution is 2.23. The van der Waals surface area contributed by atoms with Crippen molar-refractivity contribution in [3.63, 3.8) is 0 Å². The summed E-state index contributed by atoms with van der Waals surface area (Å²) in [6, 6.07) is 2.00. The number of nitrogens with zero attached hydrogens (tertiary/aromatic N) is 2. The maximum atomic E-state index is 2.92. The Morgan fingerprint density at radius 2 is 1.00 bits per heavy atom. The molecule has 0 unspecified atom stereocenters. The van der Waals surface area contributed by atoms with Crippen molar-refractivity contribution in [2.75, 3.05) is 0 Å². The fraction of sp³-hybridized carbons (Fsp3) is 1.00. The Bertz CT molecular complexity index is 194. The van der Waals surface area contributed by atoms with E-state index in [9.17, 15) is 0 Å². The van der Waals surface area contributed by atoms with Gasteiger partial charge < -0.3 is 8.46 Å². The van der Waals surface area contributed by atoms with Crippen molar-refractivity contribution in [3.05, 3.63) is 0 Å². The second kappa shape index (κ2) is 7.23. The van der Waals surface area contributed by atoms with E-state index in [1.54, 1.807) is 0 Å². The number of rotatable bonds is 4. The fourth-order valence-corrected chi connectivity index (χ4v) is 10.9. The summed E-state index contributed by atoms with van der Waals surface area (Å²) in [5, 5.41) is 0. The third kappa shape index (κ3) is 4.31. The smallest absolute Gasteiger partial charge is 0.158 e. The zero-order valence-corrected chi connectivity index (χ0v) is 17.2. The zero-order valence-electron chi connectivity index (χ0n) is 11.8. The van der Waals surface area contributed by atoms with E-state index in [-0.39, 0.29) is 9.84 Å². The van der Waals surface area contributed by atoms with Crippen LogP contribution in [0.5, 0.6) is 0 Å². The van der Waals surface area contributed by atoms with Crippen LogP contribution in [0.3, 0.4) is 0 Å². The molecule has 0 radical (unpaired) electrons. The molecule has 17 heavy (non-hydrogen) atoms. The first-order chi connectivity index (χ1) is 8.27. The highest BCUT2D eigenvalue weighted by Gasteiger charge is 2.22. The van der Waals surface area contributed by atoms with Crippen molar-refractivity contribution in [3.8, 4) is 0 Å². The largest absolute Gasteiger partial charge is 0.344 e. The second-order valence-electron chi connectivity index (χ2n) is 6.24. The summed E-state index contributed by atoms with van der Waals surface area (Å²) < 4.78 is 5.83. The van der Waals surface area contributed by atoms with Crippen LogP contribution in [0.2, 0.25) is 0 Å². The predicted octanol–water partition coefficient (Wildman–Crippen LogP) is -0.185. The van der Waals surface area contributed by atoms with Crippen LogP contribution in [0.1, 0.15) is 64.2 Å². The Balaban J connectivity index is 1.74. The molecule has 2 aliphatic rings. The van der Waals surface area contributed by atoms with Crippen LogP contribution in [-0.4, -0.2) is 51.2 Å². The van der Waals surface area contributed by atoms with E-state index in [2.05, 4.69) is 8.46 Å². The lowest BCUT2D eigenvalue weighted by molar-refractivity contribution is 0.307. The minimum atomic E-state index is -0.0395. The second-order valence-corrected chi connectivity index (χ2v) is 13.3. The molecule has 5 heteroatoms. The van der Waals surface area contributed by atoms with Gasteiger partial charge in [0.05, 0.1) is 20.8 Å². The molecule has 0 spiro atoms. The molecule has 0 amide bonds. The van der Waals surface area contributed by atoms with Gasteiger partial charge >= 0.3 is 0 Å². The zero-order chi connectivity index (χ0) is 12.1. The lowest BCUT2D eigenvalue weighted by Crippen LogP contribution is -2.49. The quantitative estimate of drug-likeness (QED) is 0.662. The lowest BCUT2D eigenvalue weighted by Gasteiger charge is -2.38. The van der Waals surface area contributed by atoms with Crippen LogP contribution >= 0.6 is 0 Å². The van der Waals surface area contributed by atoms with Crippen LogP contribution in [0, 0.1) is 0 Å². The molecule has 0 heterocycles. The van der Waals surface area contributed by atoms with Gasteiger partial charge in [-0.25, -0.2) is 0 Å². The van der Waals surface area contributed by atoms with Gasteiger partial charge in [0.15, 0.2) is 9.84 Å². The van der Waals surface area contributed by atoms with E-state index in [4.69, 9.17) is 0 Å². The Morgan fingerprint density at radius 1 is 0.647 bits per heavy atom. The molecule has 2 aliphatic carbocycles. The first-order valence-corrected chi connectivity index (χ1v) is 10.7. The van der Waals surface area contributed by atoms with Gasteiger partial charge in [-0.3, -0.25) is 0 Å². The van der Waals surface area contributed by atoms with Crippen molar-refractivity contribution in [2.24, 2.45) is 0 Å². The first-order valence-electron chi connectivity index (χ1n) is 7.68. The number of hydrogen-bond acceptors (Lipinski definition) is 2. The minimum Gasteiger partial charge on any atom is -0.344 e. The van der Waals surface area contributed by atoms with Gasteiger partial charge in [0, 0.05) is 0 Å². The summed E-state index contributed by atoms with van der Waals surface area (Å²) in [4.78, 5) is 0. The van der Waals surface area contributed by atoms with Gasteiger partial charge in [0.25, 0.3) is 0 Å². The normalized spacial score (nSPS) is 25.8. The molecular formula is C12H30N2Si3. The van der Waals surface area contributed by atoms with Crippen molar-refractivity contribution in [1.29, 1.82) is 0 Å². The van der Waals surface area contributed by atoms with Crippen LogP contribution in [0.4, 0.5) is 0 Å². The summed E-state index contributed by atoms with van der Waals surface area (Å²) in [5.74, 6) is 0. The lowest BCUT2D eigenvalue weighted by atomic mass is 9.96. The molecule has 0 aliphatic heterocycles. The minimum absolute atomic E-state index is 0.0395. The maximum absolute atomic E-state index is 2.92. The third-order valence-corrected chi connectivity index (χ3v) is 9.92. The van der Waals surface area contributed by atoms with Gasteiger partial charge in [-0.2, -0.15) is 0 Å². The van der Waals surface area contributed by atoms with Crippen LogP contribution in [0.25, 0.3) is 0 Å². The summed E-state index contributed by atoms with van der Waals surface area (Å²) in [6.45, 7) is 0. The fourth-order valence-electron chi connectivity index (χ4n) is 3.63. The molecular weight excluding hydrogens is 256 g/mol. The summed E-state index contributed by atoms with van der Waals surface area (Å²) >= 11 is 0. The summed E-state index contributed by atoms with van der Waals surface area (Å²) in [5.41, 5.74) is 0. The first kappa shape index (κ1) is 14.0. The molecule has 100 valence electrons. The van der Waals surface area contributed by atoms with E-state index in [1.807, 2.05) is 0 Å². The van der Waals surface area contributed by atoms with Crippen molar-refractivity contribution in [2.45, 2.75) is 76.3 Å². The van der Waals surface area contributed by atoms with E-state index in [1.165, 1.54) is 85.0 Å². The van der Waals surface area contributed by atoms with Crippen LogP contribution in [-0.2, 0) is 0 Å². The van der Waals surface area contributed by atoms with Gasteiger partial charge in [0.1, 0.15) is 0 Å². The molecule has 0 atom stereocenters. The Hall–Kier alpha value is 0.571. The molecule has 0 bridgehead atoms. The molecule has 0 aromatic heterocycles. The van der Waals surface area contributed by atoms with E-state index >= 15 is 0 Å². The van der Waals surface area contributed by atoms with Gasteiger partial charge in [-0.1, -0.05) is 38.5 Å². The number of hydrogen-bond donors (Lipinski definition) is 0. The molecule has 2 saturated carbocycles. The van der Waals surface area contributed by atoms with Crippen molar-refractivity contribution in [1.82, 2.24) is 8.46 Å². The average molecular weight is 287 g/mol. The summed E-state index contributed by atoms with van der Waals surface area (Å²) in [6.07, 6.45) is 15.1. The Kier molecular flexibility index (Phi) is 5.95. The molecule has 2 rings (SSSR count). The van der Waals surface area contributed by atoms with Crippen molar-refractivity contribution < 1.29 is 0 Å². The SMILES string of the molecule is [SiH3]N([SiH2]N([SiH3])C1CCCCC1)C1CCCCC1. The van der Waals surface area contributed by atoms with Gasteiger partial charge in [-0.15, -0.1) is 0 Å². The van der Waals surface area contributed by atoms with Crippen LogP contribution in [0.15, 0.2) is 0 Å². The predicted molar refractivity (Wildman–Crippen MR) is 85.8 cm³/mol. The molecule has 0 saturated heterocycles. The standard InChI is InChI=1S/C12H30N2Si3/c15-13(11-7-3-1-4-8-11)17-14(16)12-9-5-2-6-10-12/h11-12H,1-10,17H2,15-16H3. The molecule has 0 N–H and O–H groups in total. The third-order valence-electron chi connectivity index (χ3n) is 4.84. The van der Waals surface area contributed by atoms with E-state index < -0.39 is 0 Å². The molecule has 2 fully saturated rings. The highest BCUT2D eigenvalue weighted by atomic mass is 28.3. The van der Waals surface area contributed by atoms with Gasteiger partial charge in [-0.05, 0) is 37.8 Å². The molecule has 0 aromatic rings. The summed E-state index contributed by atoms with van der Waals surface area (Å²) in [7, 11) is 2.61. The van der Waals surface area contributed by atoms with E-state index in [0.29, 0.717) is 0 Å². The van der Waals surface area contributed by atoms with Crippen molar-refractivity contribution >= 4 is 30.7 Å². The monoisotopic (exact) mass is 286 g/mol. The molecule has 0 aromatic carbocycles. The average Bonchev–Trinajstić information content (AvgIpc) is 2.40. The van der Waals surface area contributed by atoms with Crippen LogP contribution < -0.4 is 0 Å². The maximum Gasteiger partial charge on any atom is 0.158 e. The van der Waals surface area contributed by atoms with Gasteiger partial charge in [0.2, 0.25) is 0 Å². The Labute approximate surface area is 115 Å². The highest BCUT2D eigenvalue weighted by molar-refractivity contribution is 6.46.